The molecule has 0 fully saturated rings. The molecule has 6 heteroatoms. The molecule has 0 aliphatic carbocycles. The minimum Gasteiger partial charge on any atom is -0.506 e. The van der Waals surface area contributed by atoms with E-state index in [1.807, 2.05) is 6.92 Å². The van der Waals surface area contributed by atoms with Gasteiger partial charge in [-0.05, 0) is 24.4 Å². The predicted octanol–water partition coefficient (Wildman–Crippen LogP) is 3.07. The number of aryl methyl sites for hydroxylation is 1. The summed E-state index contributed by atoms with van der Waals surface area (Å²) in [7, 11) is 0. The quantitative estimate of drug-likeness (QED) is 0.754. The minimum absolute atomic E-state index is 0.147. The zero-order valence-corrected chi connectivity index (χ0v) is 9.69. The van der Waals surface area contributed by atoms with Crippen LogP contribution in [0.3, 0.4) is 0 Å². The monoisotopic (exact) mass is 248 g/mol. The Morgan fingerprint density at radius 1 is 1.35 bits per heavy atom. The molecule has 3 heterocycles. The number of thiophene rings is 1. The van der Waals surface area contributed by atoms with Crippen LogP contribution in [0.4, 0.5) is 0 Å². The van der Waals surface area contributed by atoms with Gasteiger partial charge in [-0.15, -0.1) is 11.3 Å². The van der Waals surface area contributed by atoms with Gasteiger partial charge in [-0.3, -0.25) is 0 Å². The number of rotatable bonds is 2. The van der Waals surface area contributed by atoms with E-state index in [4.69, 9.17) is 8.94 Å². The molecule has 0 spiro atoms. The van der Waals surface area contributed by atoms with Gasteiger partial charge in [-0.1, -0.05) is 5.16 Å². The van der Waals surface area contributed by atoms with Crippen LogP contribution < -0.4 is 0 Å². The summed E-state index contributed by atoms with van der Waals surface area (Å²) in [6.45, 7) is 1.83. The highest BCUT2D eigenvalue weighted by Crippen LogP contribution is 2.34. The Hall–Kier alpha value is -2.08. The van der Waals surface area contributed by atoms with E-state index in [0.29, 0.717) is 16.6 Å². The third-order valence-electron chi connectivity index (χ3n) is 2.36. The Morgan fingerprint density at radius 3 is 2.88 bits per heavy atom. The van der Waals surface area contributed by atoms with Crippen LogP contribution >= 0.6 is 11.3 Å². The number of aromatic nitrogens is 2. The van der Waals surface area contributed by atoms with Gasteiger partial charge in [-0.25, -0.2) is 0 Å². The minimum atomic E-state index is 0.147. The van der Waals surface area contributed by atoms with Crippen LogP contribution in [0, 0.1) is 6.92 Å². The van der Waals surface area contributed by atoms with Gasteiger partial charge in [0.15, 0.2) is 0 Å². The van der Waals surface area contributed by atoms with Gasteiger partial charge < -0.3 is 14.0 Å². The molecule has 3 aromatic rings. The zero-order valence-electron chi connectivity index (χ0n) is 8.88. The van der Waals surface area contributed by atoms with Crippen molar-refractivity contribution in [2.75, 3.05) is 0 Å². The molecule has 0 unspecified atom stereocenters. The van der Waals surface area contributed by atoms with E-state index in [0.717, 1.165) is 11.3 Å². The number of nitrogens with zero attached hydrogens (tertiary/aromatic N) is 2. The number of furan rings is 1. The highest BCUT2D eigenvalue weighted by Gasteiger charge is 2.17. The Bertz CT molecular complexity index is 598. The second-order valence-corrected chi connectivity index (χ2v) is 4.36. The van der Waals surface area contributed by atoms with E-state index < -0.39 is 0 Å². The first kappa shape index (κ1) is 10.1. The van der Waals surface area contributed by atoms with Crippen molar-refractivity contribution in [3.8, 4) is 27.9 Å². The van der Waals surface area contributed by atoms with Crippen LogP contribution in [-0.2, 0) is 0 Å². The predicted molar refractivity (Wildman–Crippen MR) is 61.7 cm³/mol. The van der Waals surface area contributed by atoms with Crippen LogP contribution in [0.1, 0.15) is 5.76 Å². The second kappa shape index (κ2) is 3.74. The summed E-state index contributed by atoms with van der Waals surface area (Å²) in [5.41, 5.74) is 0.788. The van der Waals surface area contributed by atoms with E-state index >= 15 is 0 Å². The maximum Gasteiger partial charge on any atom is 0.272 e. The lowest BCUT2D eigenvalue weighted by atomic mass is 10.2. The zero-order chi connectivity index (χ0) is 11.8. The fourth-order valence-corrected chi connectivity index (χ4v) is 2.21. The van der Waals surface area contributed by atoms with Gasteiger partial charge >= 0.3 is 0 Å². The number of hydrogen-bond donors (Lipinski definition) is 1. The summed E-state index contributed by atoms with van der Waals surface area (Å²) in [6, 6.07) is 3.37. The molecule has 0 aliphatic rings. The topological polar surface area (TPSA) is 72.3 Å². The molecule has 0 radical (unpaired) electrons. The lowest BCUT2D eigenvalue weighted by Gasteiger charge is -1.89. The molecule has 0 atom stereocenters. The van der Waals surface area contributed by atoms with Crippen LogP contribution in [0.25, 0.3) is 22.2 Å². The van der Waals surface area contributed by atoms with Gasteiger partial charge in [0.05, 0.1) is 11.8 Å². The largest absolute Gasteiger partial charge is 0.506 e. The van der Waals surface area contributed by atoms with Gasteiger partial charge in [0.2, 0.25) is 5.82 Å². The van der Waals surface area contributed by atoms with Crippen molar-refractivity contribution in [3.05, 3.63) is 29.5 Å². The standard InChI is InChI=1S/C11H8N2O3S/c1-6-7(2-4-15-6)10-12-11(16-13-10)9-8(14)3-5-17-9/h2-5,14H,1H3. The number of aromatic hydroxyl groups is 1. The Balaban J connectivity index is 2.05. The van der Waals surface area contributed by atoms with E-state index in [9.17, 15) is 5.11 Å². The molecule has 3 rings (SSSR count). The second-order valence-electron chi connectivity index (χ2n) is 3.45. The molecular weight excluding hydrogens is 240 g/mol. The smallest absolute Gasteiger partial charge is 0.272 e. The molecule has 86 valence electrons. The maximum absolute atomic E-state index is 9.56. The van der Waals surface area contributed by atoms with Crippen molar-refractivity contribution in [3.63, 3.8) is 0 Å². The SMILES string of the molecule is Cc1occc1-c1noc(-c2sccc2O)n1. The molecule has 1 N–H and O–H groups in total. The molecular formula is C11H8N2O3S. The van der Waals surface area contributed by atoms with Crippen molar-refractivity contribution in [1.82, 2.24) is 10.1 Å². The van der Waals surface area contributed by atoms with Crippen LogP contribution in [-0.4, -0.2) is 15.2 Å². The lowest BCUT2D eigenvalue weighted by Crippen LogP contribution is -1.79. The summed E-state index contributed by atoms with van der Waals surface area (Å²) in [5.74, 6) is 1.65. The Labute approximate surface area is 100 Å². The van der Waals surface area contributed by atoms with Crippen molar-refractivity contribution in [2.45, 2.75) is 6.92 Å². The summed E-state index contributed by atoms with van der Waals surface area (Å²) >= 11 is 1.35. The highest BCUT2D eigenvalue weighted by molar-refractivity contribution is 7.13. The molecule has 0 aliphatic heterocycles. The van der Waals surface area contributed by atoms with Gasteiger partial charge in [-0.2, -0.15) is 4.98 Å². The first-order valence-electron chi connectivity index (χ1n) is 4.90. The fourth-order valence-electron chi connectivity index (χ4n) is 1.50. The first-order chi connectivity index (χ1) is 8.25. The molecule has 0 saturated heterocycles. The maximum atomic E-state index is 9.56. The van der Waals surface area contributed by atoms with Crippen molar-refractivity contribution in [1.29, 1.82) is 0 Å². The third kappa shape index (κ3) is 1.62. The van der Waals surface area contributed by atoms with E-state index in [2.05, 4.69) is 10.1 Å². The molecule has 0 bridgehead atoms. The van der Waals surface area contributed by atoms with Gasteiger partial charge in [0.25, 0.3) is 5.89 Å². The summed E-state index contributed by atoms with van der Waals surface area (Å²) in [6.07, 6.45) is 1.57. The van der Waals surface area contributed by atoms with Crippen molar-refractivity contribution >= 4 is 11.3 Å². The van der Waals surface area contributed by atoms with Gasteiger partial charge in [0, 0.05) is 0 Å². The van der Waals surface area contributed by atoms with Crippen molar-refractivity contribution in [2.24, 2.45) is 0 Å². The van der Waals surface area contributed by atoms with Gasteiger partial charge in [0.1, 0.15) is 16.4 Å². The van der Waals surface area contributed by atoms with E-state index in [1.54, 1.807) is 23.8 Å². The average Bonchev–Trinajstić information content (AvgIpc) is 2.97. The molecule has 3 aromatic heterocycles. The molecule has 0 saturated carbocycles. The Morgan fingerprint density at radius 2 is 2.24 bits per heavy atom. The Kier molecular flexibility index (Phi) is 2.22. The van der Waals surface area contributed by atoms with Crippen LogP contribution in [0.2, 0.25) is 0 Å². The normalized spacial score (nSPS) is 10.9. The molecule has 0 aromatic carbocycles. The highest BCUT2D eigenvalue weighted by atomic mass is 32.1. The van der Waals surface area contributed by atoms with E-state index in [1.165, 1.54) is 11.3 Å². The van der Waals surface area contributed by atoms with Crippen LogP contribution in [0.5, 0.6) is 5.75 Å². The summed E-state index contributed by atoms with van der Waals surface area (Å²) in [4.78, 5) is 4.80. The summed E-state index contributed by atoms with van der Waals surface area (Å²) in [5, 5.41) is 15.2. The molecule has 5 nitrogen and oxygen atoms in total. The van der Waals surface area contributed by atoms with Crippen LogP contribution in [0.15, 0.2) is 32.7 Å². The lowest BCUT2D eigenvalue weighted by molar-refractivity contribution is 0.427. The molecule has 0 amide bonds. The summed E-state index contributed by atoms with van der Waals surface area (Å²) < 4.78 is 10.3. The molecule has 17 heavy (non-hydrogen) atoms. The third-order valence-corrected chi connectivity index (χ3v) is 3.26. The van der Waals surface area contributed by atoms with Crippen molar-refractivity contribution < 1.29 is 14.0 Å². The average molecular weight is 248 g/mol. The fraction of sp³-hybridized carbons (Fsp3) is 0.0909. The van der Waals surface area contributed by atoms with E-state index in [-0.39, 0.29) is 5.75 Å². The first-order valence-corrected chi connectivity index (χ1v) is 5.78. The number of hydrogen-bond acceptors (Lipinski definition) is 6.